The van der Waals surface area contributed by atoms with E-state index in [2.05, 4.69) is 0 Å². The van der Waals surface area contributed by atoms with Crippen molar-refractivity contribution < 1.29 is 19.2 Å². The van der Waals surface area contributed by atoms with E-state index in [1.807, 2.05) is 13.8 Å². The van der Waals surface area contributed by atoms with Crippen molar-refractivity contribution in [1.29, 1.82) is 0 Å². The molecule has 0 spiro atoms. The van der Waals surface area contributed by atoms with E-state index < -0.39 is 23.2 Å². The Morgan fingerprint density at radius 2 is 1.67 bits per heavy atom. The Bertz CT molecular complexity index is 561. The summed E-state index contributed by atoms with van der Waals surface area (Å²) in [6.45, 7) is 5.65. The lowest BCUT2D eigenvalue weighted by Gasteiger charge is -2.26. The molecule has 112 valence electrons. The number of benzene rings is 1. The number of nitrogens with zero attached hydrogens (tertiary/aromatic N) is 1. The molecular weight excluding hydrogens is 270 g/mol. The van der Waals surface area contributed by atoms with E-state index in [1.165, 1.54) is 0 Å². The normalized spacial score (nSPS) is 16.6. The van der Waals surface area contributed by atoms with Gasteiger partial charge in [0.2, 0.25) is 0 Å². The smallest absolute Gasteiger partial charge is 0.329 e. The van der Waals surface area contributed by atoms with Crippen LogP contribution in [0.4, 0.5) is 0 Å². The molecule has 5 nitrogen and oxygen atoms in total. The van der Waals surface area contributed by atoms with Crippen molar-refractivity contribution in [3.63, 3.8) is 0 Å². The summed E-state index contributed by atoms with van der Waals surface area (Å²) in [5.41, 5.74) is -0.155. The Hall–Kier alpha value is -2.17. The van der Waals surface area contributed by atoms with Gasteiger partial charge in [0.05, 0.1) is 16.5 Å². The van der Waals surface area contributed by atoms with Crippen molar-refractivity contribution in [2.24, 2.45) is 5.41 Å². The van der Waals surface area contributed by atoms with Gasteiger partial charge in [-0.2, -0.15) is 0 Å². The fourth-order valence-electron chi connectivity index (χ4n) is 2.42. The average Bonchev–Trinajstić information content (AvgIpc) is 2.73. The fraction of sp³-hybridized carbons (Fsp3) is 0.438. The highest BCUT2D eigenvalue weighted by Crippen LogP contribution is 2.31. The van der Waals surface area contributed by atoms with Crippen LogP contribution in [0.15, 0.2) is 24.3 Å². The molecule has 0 N–H and O–H groups in total. The third-order valence-electron chi connectivity index (χ3n) is 4.01. The maximum atomic E-state index is 12.3. The zero-order valence-electron chi connectivity index (χ0n) is 12.5. The summed E-state index contributed by atoms with van der Waals surface area (Å²) in [6, 6.07) is 6.44. The molecule has 1 aromatic rings. The number of imide groups is 1. The first-order valence-electron chi connectivity index (χ1n) is 7.14. The first-order valence-corrected chi connectivity index (χ1v) is 7.14. The summed E-state index contributed by atoms with van der Waals surface area (Å²) in [4.78, 5) is 41.7. The second-order valence-electron chi connectivity index (χ2n) is 5.49. The predicted molar refractivity (Wildman–Crippen MR) is 76.3 cm³/mol. The molecule has 2 rings (SSSR count). The Morgan fingerprint density at radius 1 is 1.14 bits per heavy atom. The highest BCUT2D eigenvalue weighted by atomic mass is 16.7. The van der Waals surface area contributed by atoms with E-state index in [4.69, 9.17) is 4.84 Å². The van der Waals surface area contributed by atoms with Crippen LogP contribution in [0.25, 0.3) is 0 Å². The highest BCUT2D eigenvalue weighted by Gasteiger charge is 2.42. The average molecular weight is 289 g/mol. The molecule has 5 heteroatoms. The number of amides is 2. The van der Waals surface area contributed by atoms with E-state index in [0.717, 1.165) is 6.42 Å². The van der Waals surface area contributed by atoms with E-state index in [9.17, 15) is 14.4 Å². The minimum Gasteiger partial charge on any atom is -0.329 e. The second-order valence-corrected chi connectivity index (χ2v) is 5.49. The summed E-state index contributed by atoms with van der Waals surface area (Å²) < 4.78 is 0. The molecule has 0 radical (unpaired) electrons. The zero-order chi connectivity index (χ0) is 15.6. The van der Waals surface area contributed by atoms with Crippen molar-refractivity contribution in [3.05, 3.63) is 35.4 Å². The van der Waals surface area contributed by atoms with E-state index in [1.54, 1.807) is 31.2 Å². The molecular formula is C16H19NO4. The van der Waals surface area contributed by atoms with Gasteiger partial charge in [0, 0.05) is 0 Å². The SMILES string of the molecule is CCCC(C)(CC)C(=O)ON1C(=O)c2ccccc2C1=O. The van der Waals surface area contributed by atoms with Gasteiger partial charge in [-0.1, -0.05) is 37.5 Å². The maximum Gasteiger partial charge on any atom is 0.339 e. The lowest BCUT2D eigenvalue weighted by molar-refractivity contribution is -0.181. The van der Waals surface area contributed by atoms with Gasteiger partial charge in [0.25, 0.3) is 11.8 Å². The number of hydrogen-bond acceptors (Lipinski definition) is 4. The Morgan fingerprint density at radius 3 is 2.10 bits per heavy atom. The molecule has 2 amide bonds. The third kappa shape index (κ3) is 2.55. The van der Waals surface area contributed by atoms with E-state index in [-0.39, 0.29) is 11.1 Å². The van der Waals surface area contributed by atoms with Gasteiger partial charge in [-0.3, -0.25) is 9.59 Å². The quantitative estimate of drug-likeness (QED) is 0.782. The van der Waals surface area contributed by atoms with Gasteiger partial charge < -0.3 is 4.84 Å². The standard InChI is InChI=1S/C16H19NO4/c1-4-10-16(3,5-2)15(20)21-17-13(18)11-8-6-7-9-12(11)14(17)19/h6-9H,4-5,10H2,1-3H3. The molecule has 0 aromatic heterocycles. The van der Waals surface area contributed by atoms with Gasteiger partial charge in [-0.25, -0.2) is 4.79 Å². The zero-order valence-corrected chi connectivity index (χ0v) is 12.5. The third-order valence-corrected chi connectivity index (χ3v) is 4.01. The Labute approximate surface area is 123 Å². The largest absolute Gasteiger partial charge is 0.339 e. The molecule has 0 saturated heterocycles. The monoisotopic (exact) mass is 289 g/mol. The summed E-state index contributed by atoms with van der Waals surface area (Å²) in [5, 5.41) is 0.580. The number of hydrogen-bond donors (Lipinski definition) is 0. The van der Waals surface area contributed by atoms with Crippen LogP contribution in [0, 0.1) is 5.41 Å². The predicted octanol–water partition coefficient (Wildman–Crippen LogP) is 2.96. The number of carbonyl (C=O) groups excluding carboxylic acids is 3. The highest BCUT2D eigenvalue weighted by molar-refractivity contribution is 6.20. The van der Waals surface area contributed by atoms with Gasteiger partial charge >= 0.3 is 5.97 Å². The van der Waals surface area contributed by atoms with Crippen molar-refractivity contribution in [3.8, 4) is 0 Å². The first kappa shape index (κ1) is 15.2. The lowest BCUT2D eigenvalue weighted by Crippen LogP contribution is -2.39. The van der Waals surface area contributed by atoms with Crippen molar-refractivity contribution >= 4 is 17.8 Å². The van der Waals surface area contributed by atoms with Crippen molar-refractivity contribution in [2.75, 3.05) is 0 Å². The molecule has 0 saturated carbocycles. The number of fused-ring (bicyclic) bond motifs is 1. The second kappa shape index (κ2) is 5.68. The van der Waals surface area contributed by atoms with Gasteiger partial charge in [-0.15, -0.1) is 0 Å². The molecule has 21 heavy (non-hydrogen) atoms. The number of rotatable bonds is 5. The van der Waals surface area contributed by atoms with Crippen LogP contribution < -0.4 is 0 Å². The van der Waals surface area contributed by atoms with Crippen LogP contribution in [0.5, 0.6) is 0 Å². The molecule has 1 heterocycles. The van der Waals surface area contributed by atoms with Crippen LogP contribution in [0.2, 0.25) is 0 Å². The first-order chi connectivity index (χ1) is 9.94. The van der Waals surface area contributed by atoms with Crippen LogP contribution in [-0.4, -0.2) is 22.8 Å². The molecule has 1 atom stereocenters. The van der Waals surface area contributed by atoms with E-state index >= 15 is 0 Å². The summed E-state index contributed by atoms with van der Waals surface area (Å²) in [7, 11) is 0. The van der Waals surface area contributed by atoms with Crippen molar-refractivity contribution in [2.45, 2.75) is 40.0 Å². The minimum atomic E-state index is -0.690. The number of carbonyl (C=O) groups is 3. The molecule has 1 aromatic carbocycles. The Balaban J connectivity index is 2.20. The van der Waals surface area contributed by atoms with Crippen molar-refractivity contribution in [1.82, 2.24) is 5.06 Å². The van der Waals surface area contributed by atoms with Gasteiger partial charge in [0.1, 0.15) is 0 Å². The molecule has 0 aliphatic carbocycles. The van der Waals surface area contributed by atoms with Crippen LogP contribution in [-0.2, 0) is 9.63 Å². The van der Waals surface area contributed by atoms with Gasteiger partial charge in [0.15, 0.2) is 0 Å². The summed E-state index contributed by atoms with van der Waals surface area (Å²) in [5.74, 6) is -1.71. The Kier molecular flexibility index (Phi) is 4.11. The lowest BCUT2D eigenvalue weighted by atomic mass is 9.83. The van der Waals surface area contributed by atoms with Crippen LogP contribution >= 0.6 is 0 Å². The van der Waals surface area contributed by atoms with Crippen LogP contribution in [0.3, 0.4) is 0 Å². The summed E-state index contributed by atoms with van der Waals surface area (Å²) >= 11 is 0. The molecule has 0 bridgehead atoms. The molecule has 1 aliphatic heterocycles. The minimum absolute atomic E-state index is 0.268. The maximum absolute atomic E-state index is 12.3. The van der Waals surface area contributed by atoms with Crippen LogP contribution in [0.1, 0.15) is 60.7 Å². The summed E-state index contributed by atoms with van der Waals surface area (Å²) in [6.07, 6.45) is 2.05. The van der Waals surface area contributed by atoms with Gasteiger partial charge in [-0.05, 0) is 31.9 Å². The fourth-order valence-corrected chi connectivity index (χ4v) is 2.42. The molecule has 0 fully saturated rings. The topological polar surface area (TPSA) is 63.7 Å². The number of hydroxylamine groups is 2. The van der Waals surface area contributed by atoms with E-state index in [0.29, 0.717) is 17.9 Å². The molecule has 1 aliphatic rings. The molecule has 1 unspecified atom stereocenters.